The van der Waals surface area contributed by atoms with Crippen LogP contribution in [0, 0.1) is 5.82 Å². The lowest BCUT2D eigenvalue weighted by Gasteiger charge is -2.16. The second-order valence-corrected chi connectivity index (χ2v) is 9.39. The number of amides is 2. The SMILES string of the molecule is O=C(Nc1cccc(CN2CCCC2=O)c1)c1ccc(NS(=O)(=O)c2ccc(F)cc2)cc1. The van der Waals surface area contributed by atoms with Crippen LogP contribution in [0.2, 0.25) is 0 Å². The van der Waals surface area contributed by atoms with Gasteiger partial charge in [0.2, 0.25) is 5.91 Å². The molecule has 0 aliphatic carbocycles. The molecule has 2 N–H and O–H groups in total. The van der Waals surface area contributed by atoms with Crippen molar-refractivity contribution < 1.29 is 22.4 Å². The van der Waals surface area contributed by atoms with Gasteiger partial charge in [0.1, 0.15) is 5.82 Å². The van der Waals surface area contributed by atoms with Crippen LogP contribution in [0.4, 0.5) is 15.8 Å². The number of halogens is 1. The maximum atomic E-state index is 13.0. The van der Waals surface area contributed by atoms with Gasteiger partial charge >= 0.3 is 0 Å². The average molecular weight is 468 g/mol. The van der Waals surface area contributed by atoms with Gasteiger partial charge in [-0.05, 0) is 72.6 Å². The second-order valence-electron chi connectivity index (χ2n) is 7.71. The Kier molecular flexibility index (Phi) is 6.41. The molecule has 3 aromatic rings. The summed E-state index contributed by atoms with van der Waals surface area (Å²) in [5.41, 5.74) is 2.15. The van der Waals surface area contributed by atoms with Crippen molar-refractivity contribution >= 4 is 33.2 Å². The summed E-state index contributed by atoms with van der Waals surface area (Å²) >= 11 is 0. The van der Waals surface area contributed by atoms with Crippen molar-refractivity contribution in [2.75, 3.05) is 16.6 Å². The van der Waals surface area contributed by atoms with Crippen LogP contribution in [-0.2, 0) is 21.4 Å². The van der Waals surface area contributed by atoms with E-state index in [0.717, 1.165) is 30.7 Å². The molecule has 1 aliphatic heterocycles. The number of nitrogens with one attached hydrogen (secondary N) is 2. The number of carbonyl (C=O) groups is 2. The summed E-state index contributed by atoms with van der Waals surface area (Å²) in [7, 11) is -3.88. The van der Waals surface area contributed by atoms with Gasteiger partial charge in [0.25, 0.3) is 15.9 Å². The molecule has 0 bridgehead atoms. The van der Waals surface area contributed by atoms with Crippen molar-refractivity contribution in [1.29, 1.82) is 0 Å². The standard InChI is InChI=1S/C24H22FN3O4S/c25-19-8-12-22(13-9-19)33(31,32)27-20-10-6-18(7-11-20)24(30)26-21-4-1-3-17(15-21)16-28-14-2-5-23(28)29/h1,3-4,6-13,15,27H,2,5,14,16H2,(H,26,30). The van der Waals surface area contributed by atoms with E-state index in [1.807, 2.05) is 18.2 Å². The Morgan fingerprint density at radius 2 is 1.70 bits per heavy atom. The van der Waals surface area contributed by atoms with Gasteiger partial charge in [0, 0.05) is 36.4 Å². The number of benzene rings is 3. The maximum absolute atomic E-state index is 13.0. The summed E-state index contributed by atoms with van der Waals surface area (Å²) in [6, 6.07) is 17.8. The molecule has 0 radical (unpaired) electrons. The summed E-state index contributed by atoms with van der Waals surface area (Å²) in [5.74, 6) is -0.740. The Hall–Kier alpha value is -3.72. The molecule has 0 unspecified atom stereocenters. The molecule has 0 saturated carbocycles. The molecule has 0 atom stereocenters. The van der Waals surface area contributed by atoms with Crippen molar-refractivity contribution in [2.45, 2.75) is 24.3 Å². The molecular weight excluding hydrogens is 445 g/mol. The zero-order valence-corrected chi connectivity index (χ0v) is 18.4. The van der Waals surface area contributed by atoms with E-state index in [4.69, 9.17) is 0 Å². The van der Waals surface area contributed by atoms with Gasteiger partial charge < -0.3 is 10.2 Å². The lowest BCUT2D eigenvalue weighted by molar-refractivity contribution is -0.128. The minimum absolute atomic E-state index is 0.0683. The highest BCUT2D eigenvalue weighted by molar-refractivity contribution is 7.92. The second kappa shape index (κ2) is 9.41. The molecule has 7 nitrogen and oxygen atoms in total. The topological polar surface area (TPSA) is 95.6 Å². The van der Waals surface area contributed by atoms with Crippen LogP contribution in [0.3, 0.4) is 0 Å². The molecule has 3 aromatic carbocycles. The molecule has 0 spiro atoms. The van der Waals surface area contributed by atoms with Gasteiger partial charge in [-0.2, -0.15) is 0 Å². The lowest BCUT2D eigenvalue weighted by Crippen LogP contribution is -2.23. The fraction of sp³-hybridized carbons (Fsp3) is 0.167. The van der Waals surface area contributed by atoms with E-state index in [2.05, 4.69) is 10.0 Å². The number of nitrogens with zero attached hydrogens (tertiary/aromatic N) is 1. The summed E-state index contributed by atoms with van der Waals surface area (Å²) in [5, 5.41) is 2.82. The van der Waals surface area contributed by atoms with E-state index < -0.39 is 15.8 Å². The highest BCUT2D eigenvalue weighted by atomic mass is 32.2. The number of likely N-dealkylation sites (tertiary alicyclic amines) is 1. The summed E-state index contributed by atoms with van der Waals surface area (Å²) in [6.07, 6.45) is 1.44. The summed E-state index contributed by atoms with van der Waals surface area (Å²) in [6.45, 7) is 1.25. The number of anilines is 2. The van der Waals surface area contributed by atoms with Crippen molar-refractivity contribution in [3.63, 3.8) is 0 Å². The molecule has 1 heterocycles. The molecule has 1 fully saturated rings. The Balaban J connectivity index is 1.40. The van der Waals surface area contributed by atoms with Gasteiger partial charge in [-0.3, -0.25) is 14.3 Å². The molecule has 1 saturated heterocycles. The predicted molar refractivity (Wildman–Crippen MR) is 123 cm³/mol. The normalized spacial score (nSPS) is 13.7. The van der Waals surface area contributed by atoms with Crippen LogP contribution in [0.1, 0.15) is 28.8 Å². The monoisotopic (exact) mass is 467 g/mol. The first-order valence-electron chi connectivity index (χ1n) is 10.4. The zero-order valence-electron chi connectivity index (χ0n) is 17.6. The molecule has 170 valence electrons. The third-order valence-electron chi connectivity index (χ3n) is 5.25. The third kappa shape index (κ3) is 5.56. The molecular formula is C24H22FN3O4S. The van der Waals surface area contributed by atoms with Crippen molar-refractivity contribution in [3.8, 4) is 0 Å². The number of rotatable bonds is 7. The van der Waals surface area contributed by atoms with Crippen LogP contribution in [0.15, 0.2) is 77.7 Å². The van der Waals surface area contributed by atoms with E-state index in [-0.39, 0.29) is 22.4 Å². The van der Waals surface area contributed by atoms with Crippen LogP contribution >= 0.6 is 0 Å². The fourth-order valence-electron chi connectivity index (χ4n) is 3.56. The van der Waals surface area contributed by atoms with Crippen LogP contribution in [-0.4, -0.2) is 31.7 Å². The van der Waals surface area contributed by atoms with E-state index in [9.17, 15) is 22.4 Å². The quantitative estimate of drug-likeness (QED) is 0.549. The van der Waals surface area contributed by atoms with Gasteiger partial charge in [-0.1, -0.05) is 12.1 Å². The summed E-state index contributed by atoms with van der Waals surface area (Å²) in [4.78, 5) is 26.2. The average Bonchev–Trinajstić information content (AvgIpc) is 3.19. The lowest BCUT2D eigenvalue weighted by atomic mass is 10.1. The fourth-order valence-corrected chi connectivity index (χ4v) is 4.62. The molecule has 33 heavy (non-hydrogen) atoms. The van der Waals surface area contributed by atoms with E-state index >= 15 is 0 Å². The number of hydrogen-bond acceptors (Lipinski definition) is 4. The molecule has 2 amide bonds. The minimum Gasteiger partial charge on any atom is -0.338 e. The first kappa shape index (κ1) is 22.5. The molecule has 9 heteroatoms. The van der Waals surface area contributed by atoms with Crippen LogP contribution < -0.4 is 10.0 Å². The molecule has 0 aromatic heterocycles. The van der Waals surface area contributed by atoms with Gasteiger partial charge in [-0.25, -0.2) is 12.8 Å². The summed E-state index contributed by atoms with van der Waals surface area (Å²) < 4.78 is 40.3. The van der Waals surface area contributed by atoms with Crippen LogP contribution in [0.25, 0.3) is 0 Å². The zero-order chi connectivity index (χ0) is 23.4. The molecule has 1 aliphatic rings. The van der Waals surface area contributed by atoms with Crippen molar-refractivity contribution in [3.05, 3.63) is 89.7 Å². The van der Waals surface area contributed by atoms with E-state index in [1.165, 1.54) is 36.4 Å². The maximum Gasteiger partial charge on any atom is 0.261 e. The van der Waals surface area contributed by atoms with Crippen LogP contribution in [0.5, 0.6) is 0 Å². The van der Waals surface area contributed by atoms with Gasteiger partial charge in [-0.15, -0.1) is 0 Å². The number of sulfonamides is 1. The molecule has 4 rings (SSSR count). The number of hydrogen-bond donors (Lipinski definition) is 2. The predicted octanol–water partition coefficient (Wildman–Crippen LogP) is 4.00. The smallest absolute Gasteiger partial charge is 0.261 e. The van der Waals surface area contributed by atoms with Gasteiger partial charge in [0.15, 0.2) is 0 Å². The first-order chi connectivity index (χ1) is 15.8. The first-order valence-corrected chi connectivity index (χ1v) is 11.8. The highest BCUT2D eigenvalue weighted by Crippen LogP contribution is 2.20. The Morgan fingerprint density at radius 1 is 0.970 bits per heavy atom. The Labute approximate surface area is 191 Å². The minimum atomic E-state index is -3.88. The Morgan fingerprint density at radius 3 is 2.36 bits per heavy atom. The van der Waals surface area contributed by atoms with E-state index in [0.29, 0.717) is 24.2 Å². The Bertz CT molecular complexity index is 1280. The third-order valence-corrected chi connectivity index (χ3v) is 6.65. The largest absolute Gasteiger partial charge is 0.338 e. The highest BCUT2D eigenvalue weighted by Gasteiger charge is 2.20. The van der Waals surface area contributed by atoms with E-state index in [1.54, 1.807) is 11.0 Å². The number of carbonyl (C=O) groups excluding carboxylic acids is 2. The van der Waals surface area contributed by atoms with Gasteiger partial charge in [0.05, 0.1) is 4.90 Å². The van der Waals surface area contributed by atoms with Crippen molar-refractivity contribution in [1.82, 2.24) is 4.90 Å². The van der Waals surface area contributed by atoms with Crippen molar-refractivity contribution in [2.24, 2.45) is 0 Å².